The maximum atomic E-state index is 12.3. The second-order valence-electron chi connectivity index (χ2n) is 5.30. The van der Waals surface area contributed by atoms with Crippen molar-refractivity contribution in [3.05, 3.63) is 59.0 Å². The van der Waals surface area contributed by atoms with Crippen molar-refractivity contribution in [3.8, 4) is 11.5 Å². The molecule has 122 valence electrons. The summed E-state index contributed by atoms with van der Waals surface area (Å²) in [6.07, 6.45) is 0.442. The number of amides is 1. The quantitative estimate of drug-likeness (QED) is 0.378. The van der Waals surface area contributed by atoms with Gasteiger partial charge in [0.05, 0.1) is 0 Å². The van der Waals surface area contributed by atoms with E-state index in [4.69, 9.17) is 0 Å². The molecule has 3 aromatic rings. The van der Waals surface area contributed by atoms with Crippen molar-refractivity contribution in [3.63, 3.8) is 0 Å². The number of benzene rings is 2. The van der Waals surface area contributed by atoms with Crippen LogP contribution in [0.15, 0.2) is 47.8 Å². The number of ketones is 1. The van der Waals surface area contributed by atoms with Crippen molar-refractivity contribution in [1.29, 1.82) is 0 Å². The third-order valence-corrected chi connectivity index (χ3v) is 4.63. The number of fused-ring (bicyclic) bond motifs is 1. The molecule has 0 unspecified atom stereocenters. The highest BCUT2D eigenvalue weighted by Crippen LogP contribution is 2.26. The van der Waals surface area contributed by atoms with Gasteiger partial charge in [0.2, 0.25) is 0 Å². The molecule has 0 fully saturated rings. The lowest BCUT2D eigenvalue weighted by Gasteiger charge is -2.06. The van der Waals surface area contributed by atoms with Gasteiger partial charge < -0.3 is 15.5 Å². The third kappa shape index (κ3) is 3.23. The predicted molar refractivity (Wildman–Crippen MR) is 92.6 cm³/mol. The summed E-state index contributed by atoms with van der Waals surface area (Å²) in [7, 11) is 0. The number of thiophene rings is 1. The average Bonchev–Trinajstić information content (AvgIpc) is 3.01. The van der Waals surface area contributed by atoms with Gasteiger partial charge in [0.15, 0.2) is 11.5 Å². The molecule has 6 heteroatoms. The minimum absolute atomic E-state index is 0.192. The highest BCUT2D eigenvalue weighted by Gasteiger charge is 2.19. The van der Waals surface area contributed by atoms with E-state index in [9.17, 15) is 19.8 Å². The lowest BCUT2D eigenvalue weighted by molar-refractivity contribution is -0.116. The maximum absolute atomic E-state index is 12.3. The van der Waals surface area contributed by atoms with E-state index in [0.29, 0.717) is 12.0 Å². The first-order valence-corrected chi connectivity index (χ1v) is 8.24. The Morgan fingerprint density at radius 1 is 1.04 bits per heavy atom. The van der Waals surface area contributed by atoms with Gasteiger partial charge in [-0.1, -0.05) is 24.3 Å². The molecule has 1 amide bonds. The highest BCUT2D eigenvalue weighted by atomic mass is 32.1. The van der Waals surface area contributed by atoms with Gasteiger partial charge >= 0.3 is 0 Å². The molecule has 24 heavy (non-hydrogen) atoms. The van der Waals surface area contributed by atoms with Crippen LogP contribution in [0.25, 0.3) is 10.1 Å². The van der Waals surface area contributed by atoms with Crippen LogP contribution >= 0.6 is 11.3 Å². The maximum Gasteiger partial charge on any atom is 0.292 e. The van der Waals surface area contributed by atoms with E-state index >= 15 is 0 Å². The molecule has 2 aromatic carbocycles. The van der Waals surface area contributed by atoms with Gasteiger partial charge in [-0.05, 0) is 30.2 Å². The van der Waals surface area contributed by atoms with Crippen LogP contribution < -0.4 is 5.32 Å². The Hall–Kier alpha value is -2.86. The molecule has 0 bridgehead atoms. The zero-order valence-electron chi connectivity index (χ0n) is 12.7. The summed E-state index contributed by atoms with van der Waals surface area (Å²) in [5, 5.41) is 23.8. The Balaban J connectivity index is 1.62. The summed E-state index contributed by atoms with van der Waals surface area (Å²) < 4.78 is 0.966. The smallest absolute Gasteiger partial charge is 0.292 e. The molecule has 0 radical (unpaired) electrons. The zero-order valence-corrected chi connectivity index (χ0v) is 13.5. The largest absolute Gasteiger partial charge is 0.504 e. The van der Waals surface area contributed by atoms with Crippen LogP contribution in [0, 0.1) is 0 Å². The number of Topliss-reactive ketones (excluding diaryl/α,β-unsaturated/α-hetero) is 1. The van der Waals surface area contributed by atoms with Crippen molar-refractivity contribution in [1.82, 2.24) is 5.32 Å². The van der Waals surface area contributed by atoms with E-state index in [1.54, 1.807) is 11.4 Å². The molecular formula is C18H15NO4S. The number of hydrogen-bond acceptors (Lipinski definition) is 5. The molecule has 0 saturated carbocycles. The second kappa shape index (κ2) is 6.72. The van der Waals surface area contributed by atoms with Gasteiger partial charge in [-0.2, -0.15) is 0 Å². The van der Waals surface area contributed by atoms with Crippen LogP contribution in [-0.2, 0) is 11.2 Å². The molecule has 0 aliphatic heterocycles. The van der Waals surface area contributed by atoms with E-state index in [1.807, 2.05) is 24.3 Å². The van der Waals surface area contributed by atoms with Gasteiger partial charge in [-0.15, -0.1) is 11.3 Å². The minimum Gasteiger partial charge on any atom is -0.504 e. The number of carbonyl (C=O) groups is 2. The zero-order chi connectivity index (χ0) is 17.1. The summed E-state index contributed by atoms with van der Waals surface area (Å²) in [5.74, 6) is -1.61. The lowest BCUT2D eigenvalue weighted by Crippen LogP contribution is -2.32. The molecule has 3 rings (SSSR count). The molecule has 1 aromatic heterocycles. The summed E-state index contributed by atoms with van der Waals surface area (Å²) in [4.78, 5) is 24.3. The summed E-state index contributed by atoms with van der Waals surface area (Å²) in [6.45, 7) is 0.261. The van der Waals surface area contributed by atoms with Gasteiger partial charge in [0.25, 0.3) is 11.7 Å². The van der Waals surface area contributed by atoms with E-state index < -0.39 is 11.7 Å². The summed E-state index contributed by atoms with van der Waals surface area (Å²) >= 11 is 1.43. The van der Waals surface area contributed by atoms with Crippen molar-refractivity contribution < 1.29 is 19.8 Å². The molecule has 0 atom stereocenters. The number of phenols is 2. The number of phenolic OH excluding ortho intramolecular Hbond substituents is 2. The van der Waals surface area contributed by atoms with E-state index in [0.717, 1.165) is 15.6 Å². The Bertz CT molecular complexity index is 916. The first kappa shape index (κ1) is 16.0. The van der Waals surface area contributed by atoms with Gasteiger partial charge in [0.1, 0.15) is 0 Å². The van der Waals surface area contributed by atoms with Gasteiger partial charge in [-0.25, -0.2) is 0 Å². The molecular weight excluding hydrogens is 326 g/mol. The van der Waals surface area contributed by atoms with Crippen molar-refractivity contribution in [2.24, 2.45) is 0 Å². The van der Waals surface area contributed by atoms with Crippen LogP contribution in [-0.4, -0.2) is 28.4 Å². The number of rotatable bonds is 5. The Morgan fingerprint density at radius 2 is 1.83 bits per heavy atom. The fraction of sp³-hybridized carbons (Fsp3) is 0.111. The summed E-state index contributed by atoms with van der Waals surface area (Å²) in [6, 6.07) is 11.9. The van der Waals surface area contributed by atoms with E-state index in [1.165, 1.54) is 23.5 Å². The SMILES string of the molecule is O=C(NCCc1ccc(O)c(O)c1)C(=O)c1csc2ccccc12. The number of nitrogens with one attached hydrogen (secondary N) is 1. The highest BCUT2D eigenvalue weighted by molar-refractivity contribution is 7.17. The molecule has 1 heterocycles. The molecule has 0 aliphatic carbocycles. The Kier molecular flexibility index (Phi) is 4.48. The standard InChI is InChI=1S/C18H15NO4S/c20-14-6-5-11(9-15(14)21)7-8-19-18(23)17(22)13-10-24-16-4-2-1-3-12(13)16/h1-6,9-10,20-21H,7-8H2,(H,19,23). The van der Waals surface area contributed by atoms with Gasteiger partial charge in [-0.3, -0.25) is 9.59 Å². The molecule has 5 nitrogen and oxygen atoms in total. The van der Waals surface area contributed by atoms with Crippen LogP contribution in [0.1, 0.15) is 15.9 Å². The van der Waals surface area contributed by atoms with E-state index in [2.05, 4.69) is 5.32 Å². The number of hydrogen-bond donors (Lipinski definition) is 3. The monoisotopic (exact) mass is 341 g/mol. The molecule has 0 saturated heterocycles. The second-order valence-corrected chi connectivity index (χ2v) is 6.21. The lowest BCUT2D eigenvalue weighted by atomic mass is 10.1. The van der Waals surface area contributed by atoms with Gasteiger partial charge in [0, 0.05) is 27.6 Å². The average molecular weight is 341 g/mol. The predicted octanol–water partition coefficient (Wildman–Crippen LogP) is 2.85. The van der Waals surface area contributed by atoms with Crippen LogP contribution in [0.5, 0.6) is 11.5 Å². The van der Waals surface area contributed by atoms with Crippen molar-refractivity contribution in [2.75, 3.05) is 6.54 Å². The normalized spacial score (nSPS) is 10.7. The van der Waals surface area contributed by atoms with E-state index in [-0.39, 0.29) is 18.0 Å². The topological polar surface area (TPSA) is 86.6 Å². The third-order valence-electron chi connectivity index (χ3n) is 3.67. The summed E-state index contributed by atoms with van der Waals surface area (Å²) in [5.41, 5.74) is 1.16. The number of carbonyl (C=O) groups excluding carboxylic acids is 2. The fourth-order valence-corrected chi connectivity index (χ4v) is 3.34. The first-order valence-electron chi connectivity index (χ1n) is 7.36. The fourth-order valence-electron chi connectivity index (χ4n) is 2.40. The Morgan fingerprint density at radius 3 is 2.62 bits per heavy atom. The van der Waals surface area contributed by atoms with Crippen LogP contribution in [0.3, 0.4) is 0 Å². The molecule has 0 aliphatic rings. The van der Waals surface area contributed by atoms with Crippen LogP contribution in [0.4, 0.5) is 0 Å². The van der Waals surface area contributed by atoms with Crippen molar-refractivity contribution >= 4 is 33.1 Å². The van der Waals surface area contributed by atoms with Crippen molar-refractivity contribution in [2.45, 2.75) is 6.42 Å². The first-order chi connectivity index (χ1) is 11.6. The number of aromatic hydroxyl groups is 2. The minimum atomic E-state index is -0.651. The Labute approximate surface area is 142 Å². The molecule has 0 spiro atoms. The van der Waals surface area contributed by atoms with Crippen LogP contribution in [0.2, 0.25) is 0 Å². The molecule has 3 N–H and O–H groups in total.